The van der Waals surface area contributed by atoms with Crippen molar-refractivity contribution in [3.05, 3.63) is 32.2 Å². The molecule has 0 spiro atoms. The quantitative estimate of drug-likeness (QED) is 0.712. The standard InChI is InChI=1S/C17H17Cl2N3O4S/c1-8(23)22-11(15-16(18)20-17(19)27-15)7-10(21-22)9-5-12(24-2)14(26-4)13(6-9)25-3/h5-6,11H,7H2,1-4H3. The van der Waals surface area contributed by atoms with Crippen LogP contribution in [0.4, 0.5) is 0 Å². The number of nitrogens with zero attached hydrogens (tertiary/aromatic N) is 3. The van der Waals surface area contributed by atoms with Gasteiger partial charge in [0.15, 0.2) is 16.0 Å². The lowest BCUT2D eigenvalue weighted by atomic mass is 10.0. The highest BCUT2D eigenvalue weighted by Gasteiger charge is 2.35. The first kappa shape index (κ1) is 19.7. The lowest BCUT2D eigenvalue weighted by molar-refractivity contribution is -0.130. The first-order valence-corrected chi connectivity index (χ1v) is 9.46. The van der Waals surface area contributed by atoms with Crippen molar-refractivity contribution in [3.63, 3.8) is 0 Å². The van der Waals surface area contributed by atoms with E-state index in [0.717, 1.165) is 5.56 Å². The Balaban J connectivity index is 2.04. The summed E-state index contributed by atoms with van der Waals surface area (Å²) in [6.07, 6.45) is 0.455. The predicted octanol–water partition coefficient (Wildman–Crippen LogP) is 4.17. The van der Waals surface area contributed by atoms with Crippen LogP contribution in [0.3, 0.4) is 0 Å². The zero-order valence-electron chi connectivity index (χ0n) is 15.1. The summed E-state index contributed by atoms with van der Waals surface area (Å²) in [5.74, 6) is 1.29. The summed E-state index contributed by atoms with van der Waals surface area (Å²) >= 11 is 13.4. The topological polar surface area (TPSA) is 73.2 Å². The fourth-order valence-corrected chi connectivity index (χ4v) is 4.44. The maximum atomic E-state index is 12.1. The normalized spacial score (nSPS) is 16.3. The maximum absolute atomic E-state index is 12.1. The molecule has 27 heavy (non-hydrogen) atoms. The van der Waals surface area contributed by atoms with Crippen LogP contribution in [-0.4, -0.2) is 42.9 Å². The van der Waals surface area contributed by atoms with Gasteiger partial charge in [0.2, 0.25) is 11.7 Å². The lowest BCUT2D eigenvalue weighted by Crippen LogP contribution is -2.23. The van der Waals surface area contributed by atoms with E-state index in [-0.39, 0.29) is 17.1 Å². The molecule has 1 aromatic carbocycles. The summed E-state index contributed by atoms with van der Waals surface area (Å²) < 4.78 is 16.5. The van der Waals surface area contributed by atoms with Crippen molar-refractivity contribution in [2.24, 2.45) is 5.10 Å². The van der Waals surface area contributed by atoms with Gasteiger partial charge in [-0.1, -0.05) is 23.2 Å². The molecule has 144 valence electrons. The molecular weight excluding hydrogens is 413 g/mol. The number of amides is 1. The van der Waals surface area contributed by atoms with Crippen LogP contribution < -0.4 is 14.2 Å². The number of ether oxygens (including phenoxy) is 3. The lowest BCUT2D eigenvalue weighted by Gasteiger charge is -2.18. The average molecular weight is 430 g/mol. The van der Waals surface area contributed by atoms with Gasteiger partial charge in [-0.25, -0.2) is 9.99 Å². The Hall–Kier alpha value is -2.03. The highest BCUT2D eigenvalue weighted by Crippen LogP contribution is 2.43. The summed E-state index contributed by atoms with van der Waals surface area (Å²) in [7, 11) is 4.62. The van der Waals surface area contributed by atoms with Gasteiger partial charge in [-0.2, -0.15) is 5.10 Å². The summed E-state index contributed by atoms with van der Waals surface area (Å²) in [6, 6.07) is 3.22. The van der Waals surface area contributed by atoms with Crippen molar-refractivity contribution in [2.75, 3.05) is 21.3 Å². The van der Waals surface area contributed by atoms with Crippen molar-refractivity contribution in [1.82, 2.24) is 9.99 Å². The number of hydrogen-bond donors (Lipinski definition) is 0. The molecule has 0 radical (unpaired) electrons. The van der Waals surface area contributed by atoms with Crippen LogP contribution >= 0.6 is 34.5 Å². The highest BCUT2D eigenvalue weighted by molar-refractivity contribution is 7.16. The third-order valence-electron chi connectivity index (χ3n) is 4.12. The fourth-order valence-electron chi connectivity index (χ4n) is 2.92. The van der Waals surface area contributed by atoms with Crippen molar-refractivity contribution in [2.45, 2.75) is 19.4 Å². The zero-order valence-corrected chi connectivity index (χ0v) is 17.4. The number of thiazole rings is 1. The van der Waals surface area contributed by atoms with E-state index in [1.165, 1.54) is 30.4 Å². The summed E-state index contributed by atoms with van der Waals surface area (Å²) in [5, 5.41) is 6.18. The van der Waals surface area contributed by atoms with Crippen LogP contribution in [-0.2, 0) is 4.79 Å². The van der Waals surface area contributed by atoms with E-state index in [1.807, 2.05) is 0 Å². The van der Waals surface area contributed by atoms with Crippen molar-refractivity contribution < 1.29 is 19.0 Å². The number of carbonyl (C=O) groups excluding carboxylic acids is 1. The van der Waals surface area contributed by atoms with Crippen LogP contribution in [0.25, 0.3) is 0 Å². The van der Waals surface area contributed by atoms with Crippen LogP contribution in [0.15, 0.2) is 17.2 Å². The number of hydrazone groups is 1. The minimum atomic E-state index is -0.367. The minimum absolute atomic E-state index is 0.206. The molecule has 0 bridgehead atoms. The maximum Gasteiger partial charge on any atom is 0.240 e. The Morgan fingerprint density at radius 3 is 2.26 bits per heavy atom. The Kier molecular flexibility index (Phi) is 5.78. The molecule has 1 atom stereocenters. The molecule has 1 aliphatic heterocycles. The van der Waals surface area contributed by atoms with Gasteiger partial charge in [-0.3, -0.25) is 4.79 Å². The molecule has 1 aliphatic rings. The Bertz CT molecular complexity index is 891. The number of carbonyl (C=O) groups is 1. The zero-order chi connectivity index (χ0) is 19.7. The molecule has 0 saturated heterocycles. The number of hydrogen-bond acceptors (Lipinski definition) is 7. The molecule has 0 saturated carbocycles. The third kappa shape index (κ3) is 3.69. The van der Waals surface area contributed by atoms with Gasteiger partial charge in [0, 0.05) is 18.9 Å². The number of aromatic nitrogens is 1. The van der Waals surface area contributed by atoms with E-state index in [0.29, 0.717) is 38.7 Å². The summed E-state index contributed by atoms with van der Waals surface area (Å²) in [6.45, 7) is 1.45. The van der Waals surface area contributed by atoms with Gasteiger partial charge < -0.3 is 14.2 Å². The Morgan fingerprint density at radius 2 is 1.81 bits per heavy atom. The summed E-state index contributed by atoms with van der Waals surface area (Å²) in [5.41, 5.74) is 1.44. The van der Waals surface area contributed by atoms with E-state index in [4.69, 9.17) is 37.4 Å². The van der Waals surface area contributed by atoms with E-state index in [1.54, 1.807) is 26.4 Å². The largest absolute Gasteiger partial charge is 0.493 e. The molecule has 0 fully saturated rings. The number of benzene rings is 1. The average Bonchev–Trinajstić information content (AvgIpc) is 3.23. The van der Waals surface area contributed by atoms with E-state index >= 15 is 0 Å². The first-order valence-electron chi connectivity index (χ1n) is 7.89. The van der Waals surface area contributed by atoms with Crippen molar-refractivity contribution >= 4 is 46.2 Å². The van der Waals surface area contributed by atoms with E-state index in [2.05, 4.69) is 10.1 Å². The number of rotatable bonds is 5. The van der Waals surface area contributed by atoms with Crippen LogP contribution in [0.5, 0.6) is 17.2 Å². The SMILES string of the molecule is COc1cc(C2=NN(C(C)=O)C(c3sc(Cl)nc3Cl)C2)cc(OC)c1OC. The van der Waals surface area contributed by atoms with Gasteiger partial charge in [0.05, 0.1) is 38.0 Å². The van der Waals surface area contributed by atoms with Crippen molar-refractivity contribution in [3.8, 4) is 17.2 Å². The molecule has 0 N–H and O–H groups in total. The van der Waals surface area contributed by atoms with Crippen molar-refractivity contribution in [1.29, 1.82) is 0 Å². The fraction of sp³-hybridized carbons (Fsp3) is 0.353. The van der Waals surface area contributed by atoms with Gasteiger partial charge in [0.1, 0.15) is 5.15 Å². The van der Waals surface area contributed by atoms with Crippen LogP contribution in [0.1, 0.15) is 29.8 Å². The smallest absolute Gasteiger partial charge is 0.240 e. The number of halogens is 2. The molecule has 7 nitrogen and oxygen atoms in total. The molecule has 2 heterocycles. The second-order valence-corrected chi connectivity index (χ2v) is 7.64. The molecular formula is C17H17Cl2N3O4S. The summed E-state index contributed by atoms with van der Waals surface area (Å²) in [4.78, 5) is 16.9. The second kappa shape index (κ2) is 7.92. The molecule has 1 amide bonds. The Morgan fingerprint density at radius 1 is 1.19 bits per heavy atom. The molecule has 3 rings (SSSR count). The monoisotopic (exact) mass is 429 g/mol. The van der Waals surface area contributed by atoms with Gasteiger partial charge in [-0.15, -0.1) is 11.3 Å². The molecule has 2 aromatic rings. The second-order valence-electron chi connectivity index (χ2n) is 5.67. The number of methoxy groups -OCH3 is 3. The minimum Gasteiger partial charge on any atom is -0.493 e. The molecule has 0 aliphatic carbocycles. The molecule has 1 unspecified atom stereocenters. The predicted molar refractivity (Wildman–Crippen MR) is 105 cm³/mol. The van der Waals surface area contributed by atoms with Gasteiger partial charge in [0.25, 0.3) is 0 Å². The van der Waals surface area contributed by atoms with Crippen LogP contribution in [0.2, 0.25) is 9.62 Å². The van der Waals surface area contributed by atoms with Gasteiger partial charge in [-0.05, 0) is 12.1 Å². The third-order valence-corrected chi connectivity index (χ3v) is 5.78. The van der Waals surface area contributed by atoms with E-state index < -0.39 is 0 Å². The van der Waals surface area contributed by atoms with Gasteiger partial charge >= 0.3 is 0 Å². The Labute approximate surface area is 170 Å². The first-order chi connectivity index (χ1) is 12.9. The van der Waals surface area contributed by atoms with Crippen LogP contribution in [0, 0.1) is 0 Å². The highest BCUT2D eigenvalue weighted by atomic mass is 35.5. The van der Waals surface area contributed by atoms with E-state index in [9.17, 15) is 4.79 Å². The molecule has 1 aromatic heterocycles. The molecule has 10 heteroatoms.